The molecule has 0 bridgehead atoms. The summed E-state index contributed by atoms with van der Waals surface area (Å²) in [4.78, 5) is 12.9. The van der Waals surface area contributed by atoms with Crippen molar-refractivity contribution in [2.45, 2.75) is 23.9 Å². The number of nitrogens with zero attached hydrogens (tertiary/aromatic N) is 4. The average molecular weight is 507 g/mol. The van der Waals surface area contributed by atoms with Gasteiger partial charge in [-0.25, -0.2) is 8.42 Å². The van der Waals surface area contributed by atoms with Gasteiger partial charge in [-0.1, -0.05) is 86.3 Å². The molecule has 0 spiro atoms. The zero-order valence-electron chi connectivity index (χ0n) is 19.5. The highest BCUT2D eigenvalue weighted by Gasteiger charge is 2.24. The fourth-order valence-corrected chi connectivity index (χ4v) is 6.06. The first kappa shape index (κ1) is 24.8. The molecule has 0 aliphatic heterocycles. The lowest BCUT2D eigenvalue weighted by Gasteiger charge is -2.19. The molecular formula is C26H26N4O3S2. The molecule has 0 saturated heterocycles. The van der Waals surface area contributed by atoms with E-state index in [-0.39, 0.29) is 16.4 Å². The molecule has 4 rings (SSSR count). The van der Waals surface area contributed by atoms with Gasteiger partial charge in [-0.2, -0.15) is 4.31 Å². The molecule has 0 saturated carbocycles. The molecule has 4 aromatic rings. The molecule has 9 heteroatoms. The number of benzene rings is 3. The Labute approximate surface area is 209 Å². The van der Waals surface area contributed by atoms with Crippen LogP contribution in [0, 0.1) is 0 Å². The summed E-state index contributed by atoms with van der Waals surface area (Å²) in [5.74, 6) is 0.695. The Kier molecular flexibility index (Phi) is 7.80. The van der Waals surface area contributed by atoms with E-state index in [0.717, 1.165) is 5.69 Å². The summed E-state index contributed by atoms with van der Waals surface area (Å²) >= 11 is 1.30. The van der Waals surface area contributed by atoms with Crippen molar-refractivity contribution in [3.63, 3.8) is 0 Å². The van der Waals surface area contributed by atoms with Crippen LogP contribution in [0.25, 0.3) is 17.1 Å². The van der Waals surface area contributed by atoms with Gasteiger partial charge in [0.1, 0.15) is 0 Å². The number of Topliss-reactive ketones (excluding diaryl/α,β-unsaturated/α-hetero) is 1. The van der Waals surface area contributed by atoms with Crippen molar-refractivity contribution in [2.24, 2.45) is 0 Å². The highest BCUT2D eigenvalue weighted by molar-refractivity contribution is 7.99. The summed E-state index contributed by atoms with van der Waals surface area (Å²) in [6.07, 6.45) is 0. The van der Waals surface area contributed by atoms with Gasteiger partial charge in [0.25, 0.3) is 0 Å². The summed E-state index contributed by atoms with van der Waals surface area (Å²) in [5.41, 5.74) is 2.08. The Morgan fingerprint density at radius 3 is 2.20 bits per heavy atom. The number of hydrogen-bond donors (Lipinski definition) is 0. The number of carbonyl (C=O) groups is 1. The van der Waals surface area contributed by atoms with Crippen LogP contribution in [0.1, 0.15) is 24.2 Å². The van der Waals surface area contributed by atoms with E-state index < -0.39 is 10.0 Å². The lowest BCUT2D eigenvalue weighted by Crippen LogP contribution is -2.30. The van der Waals surface area contributed by atoms with Gasteiger partial charge in [-0.3, -0.25) is 9.36 Å². The predicted octanol–water partition coefficient (Wildman–Crippen LogP) is 4.94. The maximum Gasteiger partial charge on any atom is 0.243 e. The van der Waals surface area contributed by atoms with Crippen molar-refractivity contribution < 1.29 is 13.2 Å². The minimum atomic E-state index is -3.63. The molecule has 0 amide bonds. The summed E-state index contributed by atoms with van der Waals surface area (Å²) in [7, 11) is -3.63. The zero-order chi connectivity index (χ0) is 24.8. The second kappa shape index (κ2) is 11.0. The lowest BCUT2D eigenvalue weighted by atomic mass is 10.2. The second-order valence-electron chi connectivity index (χ2n) is 7.67. The Hall–Kier alpha value is -3.27. The Bertz CT molecular complexity index is 1400. The molecule has 180 valence electrons. The predicted molar refractivity (Wildman–Crippen MR) is 138 cm³/mol. The molecule has 0 unspecified atom stereocenters. The Balaban J connectivity index is 1.73. The van der Waals surface area contributed by atoms with Crippen LogP contribution in [-0.4, -0.2) is 52.1 Å². The van der Waals surface area contributed by atoms with E-state index in [1.165, 1.54) is 16.1 Å². The molecule has 0 atom stereocenters. The van der Waals surface area contributed by atoms with Gasteiger partial charge in [0.15, 0.2) is 16.8 Å². The first-order chi connectivity index (χ1) is 17.0. The van der Waals surface area contributed by atoms with Gasteiger partial charge >= 0.3 is 0 Å². The highest BCUT2D eigenvalue weighted by atomic mass is 32.2. The van der Waals surface area contributed by atoms with E-state index in [1.807, 2.05) is 73.0 Å². The molecule has 7 nitrogen and oxygen atoms in total. The molecule has 3 aromatic carbocycles. The fourth-order valence-electron chi connectivity index (χ4n) is 3.71. The largest absolute Gasteiger partial charge is 0.293 e. The van der Waals surface area contributed by atoms with Crippen molar-refractivity contribution in [2.75, 3.05) is 18.8 Å². The van der Waals surface area contributed by atoms with E-state index in [4.69, 9.17) is 0 Å². The van der Waals surface area contributed by atoms with E-state index in [2.05, 4.69) is 10.2 Å². The van der Waals surface area contributed by atoms with Crippen LogP contribution >= 0.6 is 11.8 Å². The minimum absolute atomic E-state index is 0.00734. The Morgan fingerprint density at radius 1 is 0.886 bits per heavy atom. The summed E-state index contributed by atoms with van der Waals surface area (Å²) in [6.45, 7) is 4.41. The SMILES string of the molecule is CCN(CC)S(=O)(=O)c1cccc(-c2nnc(SCC(=O)c3ccccc3)n2-c2ccccc2)c1. The minimum Gasteiger partial charge on any atom is -0.293 e. The number of rotatable bonds is 10. The van der Waals surface area contributed by atoms with Gasteiger partial charge in [0.2, 0.25) is 10.0 Å². The van der Waals surface area contributed by atoms with Crippen LogP contribution in [0.3, 0.4) is 0 Å². The maximum atomic E-state index is 13.1. The number of sulfonamides is 1. The van der Waals surface area contributed by atoms with Crippen LogP contribution in [-0.2, 0) is 10.0 Å². The number of ketones is 1. The zero-order valence-corrected chi connectivity index (χ0v) is 21.2. The average Bonchev–Trinajstić information content (AvgIpc) is 3.33. The standard InChI is InChI=1S/C26H26N4O3S2/c1-3-29(4-2)35(32,33)23-17-11-14-21(18-23)25-27-28-26(30(25)22-15-9-6-10-16-22)34-19-24(31)20-12-7-5-8-13-20/h5-18H,3-4,19H2,1-2H3. The van der Waals surface area contributed by atoms with Crippen molar-refractivity contribution in [1.82, 2.24) is 19.1 Å². The van der Waals surface area contributed by atoms with Gasteiger partial charge in [0.05, 0.1) is 10.6 Å². The molecule has 0 N–H and O–H groups in total. The van der Waals surface area contributed by atoms with E-state index in [9.17, 15) is 13.2 Å². The van der Waals surface area contributed by atoms with Crippen molar-refractivity contribution in [3.8, 4) is 17.1 Å². The van der Waals surface area contributed by atoms with Crippen LogP contribution < -0.4 is 0 Å². The van der Waals surface area contributed by atoms with E-state index in [0.29, 0.717) is 35.2 Å². The first-order valence-corrected chi connectivity index (χ1v) is 13.7. The number of carbonyl (C=O) groups excluding carboxylic acids is 1. The van der Waals surface area contributed by atoms with Crippen molar-refractivity contribution >= 4 is 27.6 Å². The smallest absolute Gasteiger partial charge is 0.243 e. The topological polar surface area (TPSA) is 85.2 Å². The van der Waals surface area contributed by atoms with Crippen LogP contribution in [0.5, 0.6) is 0 Å². The molecule has 0 radical (unpaired) electrons. The molecule has 1 heterocycles. The molecule has 0 aliphatic carbocycles. The third-order valence-corrected chi connectivity index (χ3v) is 8.49. The molecule has 35 heavy (non-hydrogen) atoms. The van der Waals surface area contributed by atoms with Crippen LogP contribution in [0.4, 0.5) is 0 Å². The fraction of sp³-hybridized carbons (Fsp3) is 0.192. The summed E-state index contributed by atoms with van der Waals surface area (Å²) in [5, 5.41) is 9.30. The number of aromatic nitrogens is 3. The van der Waals surface area contributed by atoms with Crippen molar-refractivity contribution in [3.05, 3.63) is 90.5 Å². The monoisotopic (exact) mass is 506 g/mol. The van der Waals surface area contributed by atoms with Gasteiger partial charge in [-0.05, 0) is 24.3 Å². The van der Waals surface area contributed by atoms with E-state index in [1.54, 1.807) is 30.3 Å². The second-order valence-corrected chi connectivity index (χ2v) is 10.6. The normalized spacial score (nSPS) is 11.6. The maximum absolute atomic E-state index is 13.1. The molecular weight excluding hydrogens is 480 g/mol. The third-order valence-electron chi connectivity index (χ3n) is 5.51. The van der Waals surface area contributed by atoms with Crippen molar-refractivity contribution in [1.29, 1.82) is 0 Å². The lowest BCUT2D eigenvalue weighted by molar-refractivity contribution is 0.102. The first-order valence-electron chi connectivity index (χ1n) is 11.3. The summed E-state index contributed by atoms with van der Waals surface area (Å²) in [6, 6.07) is 25.4. The number of hydrogen-bond acceptors (Lipinski definition) is 6. The quantitative estimate of drug-likeness (QED) is 0.224. The number of para-hydroxylation sites is 1. The molecule has 0 aliphatic rings. The molecule has 1 aromatic heterocycles. The van der Waals surface area contributed by atoms with Crippen LogP contribution in [0.2, 0.25) is 0 Å². The van der Waals surface area contributed by atoms with Gasteiger partial charge in [0, 0.05) is 29.9 Å². The van der Waals surface area contributed by atoms with Crippen LogP contribution in [0.15, 0.2) is 95.0 Å². The Morgan fingerprint density at radius 2 is 1.54 bits per heavy atom. The summed E-state index contributed by atoms with van der Waals surface area (Å²) < 4.78 is 29.5. The van der Waals surface area contributed by atoms with Gasteiger partial charge in [-0.15, -0.1) is 10.2 Å². The van der Waals surface area contributed by atoms with Gasteiger partial charge < -0.3 is 0 Å². The van der Waals surface area contributed by atoms with E-state index >= 15 is 0 Å². The molecule has 0 fully saturated rings. The number of thioether (sulfide) groups is 1. The highest BCUT2D eigenvalue weighted by Crippen LogP contribution is 2.30. The third kappa shape index (κ3) is 5.37.